The summed E-state index contributed by atoms with van der Waals surface area (Å²) in [5, 5.41) is 10.2. The number of halogens is 1. The Morgan fingerprint density at radius 1 is 1.16 bits per heavy atom. The first kappa shape index (κ1) is 27.5. The lowest BCUT2D eigenvalue weighted by Gasteiger charge is -2.56. The second kappa shape index (κ2) is 10.0. The molecule has 4 saturated heterocycles. The first-order chi connectivity index (χ1) is 20.9. The van der Waals surface area contributed by atoms with Crippen LogP contribution in [0.3, 0.4) is 0 Å². The van der Waals surface area contributed by atoms with Gasteiger partial charge in [-0.2, -0.15) is 15.2 Å². The monoisotopic (exact) mass is 588 g/mol. The second-order valence-electron chi connectivity index (χ2n) is 13.9. The van der Waals surface area contributed by atoms with Crippen molar-refractivity contribution in [2.24, 2.45) is 0 Å². The maximum atomic E-state index is 14.5. The van der Waals surface area contributed by atoms with Crippen molar-refractivity contribution in [3.8, 4) is 12.1 Å². The number of hydrogen-bond acceptors (Lipinski definition) is 9. The van der Waals surface area contributed by atoms with E-state index < -0.39 is 11.8 Å². The number of alkyl halides is 1. The highest BCUT2D eigenvalue weighted by molar-refractivity contribution is 5.64. The molecule has 228 valence electrons. The quantitative estimate of drug-likeness (QED) is 0.516. The van der Waals surface area contributed by atoms with E-state index in [1.54, 1.807) is 0 Å². The Morgan fingerprint density at radius 2 is 2.02 bits per heavy atom. The van der Waals surface area contributed by atoms with Crippen molar-refractivity contribution in [1.82, 2.24) is 14.9 Å². The molecule has 2 N–H and O–H groups in total. The number of fused-ring (bicyclic) bond motifs is 4. The smallest absolute Gasteiger partial charge is 0.318 e. The van der Waals surface area contributed by atoms with Crippen LogP contribution in [0, 0.1) is 11.3 Å². The number of anilines is 2. The molecular formula is C33H41FN6O3. The van der Waals surface area contributed by atoms with Crippen LogP contribution in [-0.2, 0) is 28.1 Å². The molecule has 1 aromatic heterocycles. The average molecular weight is 589 g/mol. The van der Waals surface area contributed by atoms with Crippen LogP contribution in [-0.4, -0.2) is 71.6 Å². The molecule has 6 heterocycles. The largest absolute Gasteiger partial charge is 0.461 e. The molecule has 4 atom stereocenters. The lowest BCUT2D eigenvalue weighted by molar-refractivity contribution is -0.0875. The Hall–Kier alpha value is -3.00. The van der Waals surface area contributed by atoms with Gasteiger partial charge in [0.15, 0.2) is 0 Å². The van der Waals surface area contributed by atoms with Crippen LogP contribution in [0.1, 0.15) is 92.2 Å². The Balaban J connectivity index is 1.19. The van der Waals surface area contributed by atoms with E-state index in [2.05, 4.69) is 28.9 Å². The van der Waals surface area contributed by atoms with Gasteiger partial charge in [0.1, 0.15) is 30.3 Å². The molecule has 0 amide bonds. The van der Waals surface area contributed by atoms with E-state index >= 15 is 0 Å². The number of hydrogen-bond donors (Lipinski definition) is 1. The van der Waals surface area contributed by atoms with E-state index in [1.807, 2.05) is 6.07 Å². The summed E-state index contributed by atoms with van der Waals surface area (Å²) < 4.78 is 33.6. The number of nitriles is 1. The number of nitrogen functional groups attached to an aromatic ring is 1. The standard InChI is InChI=1S/C33H41FN6O3/c1-21-5-7-33(28-23(21)3-4-26(36)24(28)17-35)16-27-25(19-43-33)29(40-12-8-31(40)9-13-41-14-10-31)38-30(37-27)42-20-32-6-2-11-39(32)18-22(34)15-32/h3-4,21-22H,2,5-16,18-20,36H2,1H3/t21-,22+,32?,33-/m0/s1. The van der Waals surface area contributed by atoms with Crippen LogP contribution in [0.15, 0.2) is 12.1 Å². The number of ether oxygens (including phenoxy) is 3. The normalized spacial score (nSPS) is 32.6. The number of benzene rings is 1. The molecule has 1 aromatic carbocycles. The third-order valence-electron chi connectivity index (χ3n) is 11.6. The molecule has 0 saturated carbocycles. The van der Waals surface area contributed by atoms with Crippen molar-refractivity contribution in [2.75, 3.05) is 50.1 Å². The van der Waals surface area contributed by atoms with Gasteiger partial charge in [-0.1, -0.05) is 13.0 Å². The van der Waals surface area contributed by atoms with Crippen molar-refractivity contribution >= 4 is 11.5 Å². The number of nitrogens with zero attached hydrogens (tertiary/aromatic N) is 5. The number of rotatable bonds is 4. The zero-order valence-electron chi connectivity index (χ0n) is 25.0. The summed E-state index contributed by atoms with van der Waals surface area (Å²) in [6.45, 7) is 6.79. The fourth-order valence-electron chi connectivity index (χ4n) is 9.11. The Morgan fingerprint density at radius 3 is 2.81 bits per heavy atom. The molecule has 2 aromatic rings. The van der Waals surface area contributed by atoms with Gasteiger partial charge in [-0.3, -0.25) is 4.90 Å². The summed E-state index contributed by atoms with van der Waals surface area (Å²) in [6, 6.07) is 6.68. The van der Waals surface area contributed by atoms with E-state index in [9.17, 15) is 9.65 Å². The van der Waals surface area contributed by atoms with E-state index in [4.69, 9.17) is 29.9 Å². The summed E-state index contributed by atoms with van der Waals surface area (Å²) in [5.74, 6) is 1.21. The molecule has 6 aliphatic rings. The van der Waals surface area contributed by atoms with Gasteiger partial charge in [-0.15, -0.1) is 0 Å². The third-order valence-corrected chi connectivity index (χ3v) is 11.6. The SMILES string of the molecule is C[C@H]1CC[C@]2(Cc3nc(OCC45CCCN4C[C@H](F)C5)nc(N4CCC45CCOCC5)c3CO2)c2c1ccc(N)c2C#N. The summed E-state index contributed by atoms with van der Waals surface area (Å²) in [5.41, 5.74) is 10.4. The number of nitrogens with two attached hydrogens (primary N) is 1. The minimum Gasteiger partial charge on any atom is -0.461 e. The topological polar surface area (TPSA) is 110 Å². The summed E-state index contributed by atoms with van der Waals surface area (Å²) >= 11 is 0. The van der Waals surface area contributed by atoms with Crippen LogP contribution in [0.2, 0.25) is 0 Å². The van der Waals surface area contributed by atoms with E-state index in [0.29, 0.717) is 55.8 Å². The molecule has 1 aliphatic carbocycles. The van der Waals surface area contributed by atoms with Crippen LogP contribution in [0.25, 0.3) is 0 Å². The molecule has 0 bridgehead atoms. The first-order valence-electron chi connectivity index (χ1n) is 16.1. The Bertz CT molecular complexity index is 1490. The van der Waals surface area contributed by atoms with E-state index in [1.165, 1.54) is 0 Å². The Labute approximate surface area is 252 Å². The van der Waals surface area contributed by atoms with Crippen LogP contribution in [0.5, 0.6) is 6.01 Å². The molecule has 9 nitrogen and oxygen atoms in total. The van der Waals surface area contributed by atoms with Crippen LogP contribution >= 0.6 is 0 Å². The maximum Gasteiger partial charge on any atom is 0.318 e. The third kappa shape index (κ3) is 4.18. The van der Waals surface area contributed by atoms with E-state index in [0.717, 1.165) is 99.5 Å². The molecule has 10 heteroatoms. The van der Waals surface area contributed by atoms with Gasteiger partial charge in [0, 0.05) is 61.5 Å². The van der Waals surface area contributed by atoms with Crippen molar-refractivity contribution < 1.29 is 18.6 Å². The van der Waals surface area contributed by atoms with Crippen LogP contribution in [0.4, 0.5) is 15.9 Å². The highest BCUT2D eigenvalue weighted by Crippen LogP contribution is 2.52. The van der Waals surface area contributed by atoms with Gasteiger partial charge < -0.3 is 24.8 Å². The molecule has 2 spiro atoms. The van der Waals surface area contributed by atoms with Crippen LogP contribution < -0.4 is 15.4 Å². The van der Waals surface area contributed by atoms with Crippen molar-refractivity contribution in [1.29, 1.82) is 5.26 Å². The van der Waals surface area contributed by atoms with Crippen molar-refractivity contribution in [3.05, 3.63) is 40.1 Å². The molecule has 5 aliphatic heterocycles. The highest BCUT2D eigenvalue weighted by Gasteiger charge is 2.52. The predicted octanol–water partition coefficient (Wildman–Crippen LogP) is 4.51. The van der Waals surface area contributed by atoms with Gasteiger partial charge in [0.25, 0.3) is 0 Å². The minimum atomic E-state index is -0.814. The van der Waals surface area contributed by atoms with E-state index in [-0.39, 0.29) is 11.1 Å². The maximum absolute atomic E-state index is 14.5. The first-order valence-corrected chi connectivity index (χ1v) is 16.1. The minimum absolute atomic E-state index is 0.0376. The number of aromatic nitrogens is 2. The fourth-order valence-corrected chi connectivity index (χ4v) is 9.11. The summed E-state index contributed by atoms with van der Waals surface area (Å²) in [4.78, 5) is 14.8. The summed E-state index contributed by atoms with van der Waals surface area (Å²) in [7, 11) is 0. The highest BCUT2D eigenvalue weighted by atomic mass is 19.1. The molecule has 8 rings (SSSR count). The molecule has 43 heavy (non-hydrogen) atoms. The predicted molar refractivity (Wildman–Crippen MR) is 159 cm³/mol. The molecule has 0 radical (unpaired) electrons. The molecular weight excluding hydrogens is 547 g/mol. The molecule has 1 unspecified atom stereocenters. The second-order valence-corrected chi connectivity index (χ2v) is 13.9. The lowest BCUT2D eigenvalue weighted by Crippen LogP contribution is -2.63. The molecule has 4 fully saturated rings. The van der Waals surface area contributed by atoms with Gasteiger partial charge in [-0.05, 0) is 69.0 Å². The van der Waals surface area contributed by atoms with Gasteiger partial charge in [0.05, 0.1) is 23.4 Å². The zero-order chi connectivity index (χ0) is 29.4. The summed E-state index contributed by atoms with van der Waals surface area (Å²) in [6.07, 6.45) is 7.01. The lowest BCUT2D eigenvalue weighted by atomic mass is 9.69. The fraction of sp³-hybridized carbons (Fsp3) is 0.667. The van der Waals surface area contributed by atoms with Gasteiger partial charge in [-0.25, -0.2) is 4.39 Å². The Kier molecular flexibility index (Phi) is 6.41. The van der Waals surface area contributed by atoms with Gasteiger partial charge in [0.2, 0.25) is 0 Å². The van der Waals surface area contributed by atoms with Gasteiger partial charge >= 0.3 is 6.01 Å². The van der Waals surface area contributed by atoms with Crippen molar-refractivity contribution in [3.63, 3.8) is 0 Å². The zero-order valence-corrected chi connectivity index (χ0v) is 25.0. The van der Waals surface area contributed by atoms with Crippen molar-refractivity contribution in [2.45, 2.75) is 100 Å². The average Bonchev–Trinajstić information content (AvgIpc) is 3.53.